The van der Waals surface area contributed by atoms with E-state index in [1.54, 1.807) is 13.8 Å². The topological polar surface area (TPSA) is 392 Å². The number of rotatable bonds is 30. The van der Waals surface area contributed by atoms with E-state index in [1.807, 2.05) is 41.5 Å². The van der Waals surface area contributed by atoms with Crippen molar-refractivity contribution in [2.75, 3.05) is 13.1 Å². The Hall–Kier alpha value is -6.56. The fourth-order valence-electron chi connectivity index (χ4n) is 8.24. The molecular weight excluding hydrogens is 961 g/mol. The number of aliphatic imine (C=N–C) groups is 1. The minimum atomic E-state index is -1.66. The van der Waals surface area contributed by atoms with E-state index in [0.29, 0.717) is 12.0 Å². The Kier molecular flexibility index (Phi) is 26.3. The number of aromatic hydroxyl groups is 1. The summed E-state index contributed by atoms with van der Waals surface area (Å²) >= 11 is 0. The van der Waals surface area contributed by atoms with E-state index in [4.69, 9.17) is 17.2 Å². The summed E-state index contributed by atoms with van der Waals surface area (Å²) in [5.41, 5.74) is 17.3. The minimum absolute atomic E-state index is 0.0201. The number of hydrogen-bond acceptors (Lipinski definition) is 13. The van der Waals surface area contributed by atoms with Gasteiger partial charge in [0.25, 0.3) is 0 Å². The number of phenols is 1. The molecule has 0 radical (unpaired) electrons. The van der Waals surface area contributed by atoms with Crippen LogP contribution in [0.1, 0.15) is 120 Å². The van der Waals surface area contributed by atoms with E-state index in [-0.39, 0.29) is 87.5 Å². The number of phenolic OH excluding ortho intramolecular Hbond substituents is 1. The monoisotopic (exact) mass is 1040 g/mol. The minimum Gasteiger partial charge on any atom is -0.508 e. The number of hydrogen-bond donors (Lipinski definition) is 13. The van der Waals surface area contributed by atoms with Crippen LogP contribution in [0, 0.1) is 23.7 Å². The maximum atomic E-state index is 14.4. The fourth-order valence-corrected chi connectivity index (χ4v) is 8.24. The maximum absolute atomic E-state index is 14.4. The summed E-state index contributed by atoms with van der Waals surface area (Å²) in [5.74, 6) is -8.34. The lowest BCUT2D eigenvalue weighted by molar-refractivity contribution is -0.145. The number of carbonyl (C=O) groups excluding carboxylic acids is 8. The second kappa shape index (κ2) is 30.6. The summed E-state index contributed by atoms with van der Waals surface area (Å²) in [6.45, 7) is 17.0. The summed E-state index contributed by atoms with van der Waals surface area (Å²) in [6.07, 6.45) is -0.651. The number of nitrogens with two attached hydrogens (primary N) is 3. The van der Waals surface area contributed by atoms with Gasteiger partial charge in [0, 0.05) is 19.5 Å². The molecule has 0 unspecified atom stereocenters. The third kappa shape index (κ3) is 21.5. The molecule has 24 heteroatoms. The van der Waals surface area contributed by atoms with Crippen LogP contribution in [0.3, 0.4) is 0 Å². The Morgan fingerprint density at radius 1 is 0.635 bits per heavy atom. The fraction of sp³-hybridized carbons (Fsp3) is 0.680. The second-order valence-electron chi connectivity index (χ2n) is 20.8. The number of nitrogens with one attached hydrogen (secondary N) is 7. The molecule has 24 nitrogen and oxygen atoms in total. The number of amides is 8. The molecule has 1 aromatic rings. The van der Waals surface area contributed by atoms with Gasteiger partial charge in [-0.1, -0.05) is 67.5 Å². The molecule has 1 saturated heterocycles. The molecule has 1 aromatic carbocycles. The molecule has 1 aliphatic heterocycles. The first kappa shape index (κ1) is 63.6. The normalized spacial score (nSPS) is 17.1. The van der Waals surface area contributed by atoms with E-state index in [2.05, 4.69) is 42.2 Å². The Balaban J connectivity index is 2.44. The molecule has 2 rings (SSSR count). The number of carboxylic acids is 1. The van der Waals surface area contributed by atoms with Crippen molar-refractivity contribution in [2.45, 2.75) is 181 Å². The Morgan fingerprint density at radius 2 is 1.08 bits per heavy atom. The summed E-state index contributed by atoms with van der Waals surface area (Å²) in [4.78, 5) is 128. The average molecular weight is 1050 g/mol. The number of carboxylic acid groups (broad SMARTS) is 1. The molecule has 8 amide bonds. The smallest absolute Gasteiger partial charge is 0.326 e. The van der Waals surface area contributed by atoms with Gasteiger partial charge in [-0.2, -0.15) is 0 Å². The molecule has 0 aromatic heterocycles. The van der Waals surface area contributed by atoms with Gasteiger partial charge in [-0.3, -0.25) is 43.3 Å². The van der Waals surface area contributed by atoms with Gasteiger partial charge in [-0.05, 0) is 100 Å². The Bertz CT molecular complexity index is 2100. The van der Waals surface area contributed by atoms with Crippen LogP contribution in [-0.2, 0) is 49.6 Å². The molecule has 1 fully saturated rings. The van der Waals surface area contributed by atoms with Crippen molar-refractivity contribution in [1.29, 1.82) is 0 Å². The predicted octanol–water partition coefficient (Wildman–Crippen LogP) is -1.02. The number of aliphatic carboxylic acids is 1. The van der Waals surface area contributed by atoms with Crippen LogP contribution >= 0.6 is 0 Å². The lowest BCUT2D eigenvalue weighted by Crippen LogP contribution is -2.62. The van der Waals surface area contributed by atoms with Crippen molar-refractivity contribution in [2.24, 2.45) is 45.9 Å². The van der Waals surface area contributed by atoms with Crippen molar-refractivity contribution < 1.29 is 58.5 Å². The number of carbonyl (C=O) groups is 9. The maximum Gasteiger partial charge on any atom is 0.326 e. The summed E-state index contributed by atoms with van der Waals surface area (Å²) in [7, 11) is 0. The SMILES string of the molecule is CC(C)C[C@H](NC(=O)[C@H](C)N)C(=O)N[C@@H](CC(C)C)C(=O)N[C@@H](CC(C)C)C(=O)N[C@@H](CCCN=C(N)N)C(=O)N[C@H](C(=O)N1CCC[C@H]1C(=O)N[C@@H](Cc1ccc(O)cc1)C(=O)N[C@H](C(=O)O)C(C)C)[C@@H](C)O. The molecule has 10 atom stereocenters. The summed E-state index contributed by atoms with van der Waals surface area (Å²) in [5, 5.41) is 49.1. The van der Waals surface area contributed by atoms with Crippen LogP contribution in [0.2, 0.25) is 0 Å². The van der Waals surface area contributed by atoms with E-state index >= 15 is 0 Å². The highest BCUT2D eigenvalue weighted by molar-refractivity contribution is 5.98. The third-order valence-corrected chi connectivity index (χ3v) is 12.1. The average Bonchev–Trinajstić information content (AvgIpc) is 3.80. The zero-order chi connectivity index (χ0) is 56.1. The number of benzene rings is 1. The summed E-state index contributed by atoms with van der Waals surface area (Å²) in [6, 6.07) is -5.32. The molecule has 0 bridgehead atoms. The van der Waals surface area contributed by atoms with Crippen LogP contribution in [0.25, 0.3) is 0 Å². The highest BCUT2D eigenvalue weighted by atomic mass is 16.4. The van der Waals surface area contributed by atoms with Crippen LogP contribution in [0.4, 0.5) is 0 Å². The van der Waals surface area contributed by atoms with Gasteiger partial charge in [-0.15, -0.1) is 0 Å². The van der Waals surface area contributed by atoms with E-state index in [0.717, 1.165) is 0 Å². The van der Waals surface area contributed by atoms with Crippen LogP contribution < -0.4 is 54.4 Å². The van der Waals surface area contributed by atoms with Crippen LogP contribution in [0.15, 0.2) is 29.3 Å². The third-order valence-electron chi connectivity index (χ3n) is 12.1. The molecule has 1 heterocycles. The van der Waals surface area contributed by atoms with E-state index in [9.17, 15) is 58.5 Å². The molecule has 16 N–H and O–H groups in total. The van der Waals surface area contributed by atoms with Gasteiger partial charge in [0.1, 0.15) is 54.1 Å². The van der Waals surface area contributed by atoms with Crippen LogP contribution in [-0.4, -0.2) is 153 Å². The number of guanidine groups is 1. The van der Waals surface area contributed by atoms with Crippen molar-refractivity contribution in [3.63, 3.8) is 0 Å². The van der Waals surface area contributed by atoms with Crippen molar-refractivity contribution in [3.05, 3.63) is 29.8 Å². The van der Waals surface area contributed by atoms with E-state index in [1.165, 1.54) is 43.0 Å². The number of likely N-dealkylation sites (tertiary alicyclic amines) is 1. The molecule has 0 aliphatic carbocycles. The molecular formula is C50H84N12O12. The lowest BCUT2D eigenvalue weighted by atomic mass is 9.98. The zero-order valence-electron chi connectivity index (χ0n) is 44.6. The van der Waals surface area contributed by atoms with Gasteiger partial charge in [0.15, 0.2) is 5.96 Å². The molecule has 0 spiro atoms. The molecule has 1 aliphatic rings. The number of nitrogens with zero attached hydrogens (tertiary/aromatic N) is 2. The van der Waals surface area contributed by atoms with Crippen molar-refractivity contribution in [1.82, 2.24) is 42.1 Å². The molecule has 0 saturated carbocycles. The van der Waals surface area contributed by atoms with Gasteiger partial charge in [0.2, 0.25) is 47.3 Å². The quantitative estimate of drug-likeness (QED) is 0.0249. The largest absolute Gasteiger partial charge is 0.508 e. The highest BCUT2D eigenvalue weighted by Gasteiger charge is 2.42. The molecule has 74 heavy (non-hydrogen) atoms. The lowest BCUT2D eigenvalue weighted by Gasteiger charge is -2.32. The predicted molar refractivity (Wildman–Crippen MR) is 276 cm³/mol. The summed E-state index contributed by atoms with van der Waals surface area (Å²) < 4.78 is 0. The van der Waals surface area contributed by atoms with Gasteiger partial charge in [0.05, 0.1) is 12.1 Å². The first-order valence-electron chi connectivity index (χ1n) is 25.4. The van der Waals surface area contributed by atoms with Crippen molar-refractivity contribution in [3.8, 4) is 5.75 Å². The van der Waals surface area contributed by atoms with Gasteiger partial charge >= 0.3 is 5.97 Å². The van der Waals surface area contributed by atoms with E-state index < -0.39 is 120 Å². The number of aliphatic hydroxyl groups excluding tert-OH is 1. The zero-order valence-corrected chi connectivity index (χ0v) is 44.6. The Labute approximate surface area is 434 Å². The first-order valence-corrected chi connectivity index (χ1v) is 25.4. The van der Waals surface area contributed by atoms with Gasteiger partial charge < -0.3 is 74.6 Å². The van der Waals surface area contributed by atoms with Gasteiger partial charge in [-0.25, -0.2) is 4.79 Å². The molecule has 416 valence electrons. The van der Waals surface area contributed by atoms with Crippen LogP contribution in [0.5, 0.6) is 5.75 Å². The Morgan fingerprint density at radius 3 is 1.51 bits per heavy atom. The standard InChI is InChI=1S/C50H84N12O12/c1-25(2)21-34(56-41(65)29(9)51)44(68)58-36(23-27(5)6)45(69)57-35(22-26(3)4)43(67)55-33(13-11-19-54-50(52)53)42(66)61-40(30(10)63)48(72)62-20-12-14-38(62)47(71)59-37(24-31-15-17-32(64)18-16-31)46(70)60-39(28(7)8)49(73)74/h15-18,25-30,33-40,63-64H,11-14,19-24,51H2,1-10H3,(H,55,67)(H,56,65)(H,57,69)(H,58,68)(H,59,71)(H,60,70)(H,61,66)(H,73,74)(H4,52,53,54)/t29-,30+,33-,34-,35-,36-,37-,38-,39-,40-/m0/s1. The number of aliphatic hydroxyl groups is 1. The second-order valence-corrected chi connectivity index (χ2v) is 20.8. The van der Waals surface area contributed by atoms with Crippen molar-refractivity contribution >= 4 is 59.2 Å². The highest BCUT2D eigenvalue weighted by Crippen LogP contribution is 2.21. The first-order chi connectivity index (χ1) is 34.5.